The standard InChI is InChI=1S/C12H18N2S/c1-10-6-4-3-5-7-11(2)14-12(15)9-13-8-10/h4,6-7,9-10H,3,5,8H2,1-2H3,(H,14,15)/b6-4-,11-7?,13-9?. The van der Waals surface area contributed by atoms with Crippen LogP contribution in [0.4, 0.5) is 0 Å². The molecule has 0 spiro atoms. The maximum absolute atomic E-state index is 5.13. The Labute approximate surface area is 97.2 Å². The summed E-state index contributed by atoms with van der Waals surface area (Å²) in [5.41, 5.74) is 1.11. The van der Waals surface area contributed by atoms with E-state index in [0.29, 0.717) is 10.9 Å². The van der Waals surface area contributed by atoms with Crippen LogP contribution in [0.1, 0.15) is 26.7 Å². The lowest BCUT2D eigenvalue weighted by atomic mass is 10.1. The minimum atomic E-state index is 0.494. The van der Waals surface area contributed by atoms with E-state index in [0.717, 1.165) is 25.1 Å². The van der Waals surface area contributed by atoms with Crippen LogP contribution in [0, 0.1) is 5.92 Å². The first kappa shape index (κ1) is 12.1. The second-order valence-corrected chi connectivity index (χ2v) is 4.29. The van der Waals surface area contributed by atoms with E-state index in [1.165, 1.54) is 0 Å². The van der Waals surface area contributed by atoms with E-state index in [1.807, 2.05) is 6.92 Å². The molecule has 0 aromatic heterocycles. The Kier molecular flexibility index (Phi) is 5.26. The highest BCUT2D eigenvalue weighted by Crippen LogP contribution is 2.03. The SMILES string of the molecule is CC1=CCC/C=C\C(C)CN=CC(=S)N1. The predicted molar refractivity (Wildman–Crippen MR) is 70.4 cm³/mol. The normalized spacial score (nSPS) is 25.9. The lowest BCUT2D eigenvalue weighted by molar-refractivity contribution is 0.739. The minimum absolute atomic E-state index is 0.494. The van der Waals surface area contributed by atoms with Gasteiger partial charge in [-0.3, -0.25) is 4.99 Å². The molecule has 0 saturated heterocycles. The van der Waals surface area contributed by atoms with Gasteiger partial charge in [-0.2, -0.15) is 0 Å². The van der Waals surface area contributed by atoms with Gasteiger partial charge in [0.25, 0.3) is 0 Å². The van der Waals surface area contributed by atoms with Crippen molar-refractivity contribution < 1.29 is 0 Å². The first-order valence-electron chi connectivity index (χ1n) is 5.32. The van der Waals surface area contributed by atoms with Crippen LogP contribution in [-0.4, -0.2) is 17.7 Å². The lowest BCUT2D eigenvalue weighted by Gasteiger charge is -2.06. The zero-order valence-corrected chi connectivity index (χ0v) is 10.2. The Morgan fingerprint density at radius 1 is 1.47 bits per heavy atom. The van der Waals surface area contributed by atoms with E-state index >= 15 is 0 Å². The lowest BCUT2D eigenvalue weighted by Crippen LogP contribution is -2.20. The van der Waals surface area contributed by atoms with Crippen molar-refractivity contribution in [3.63, 3.8) is 0 Å². The van der Waals surface area contributed by atoms with Crippen molar-refractivity contribution in [1.82, 2.24) is 5.32 Å². The quantitative estimate of drug-likeness (QED) is 0.503. The molecule has 0 amide bonds. The third kappa shape index (κ3) is 5.47. The van der Waals surface area contributed by atoms with Gasteiger partial charge in [0.2, 0.25) is 0 Å². The molecule has 0 aliphatic carbocycles. The molecule has 0 bridgehead atoms. The summed E-state index contributed by atoms with van der Waals surface area (Å²) in [6.07, 6.45) is 10.5. The maximum Gasteiger partial charge on any atom is 0.121 e. The molecule has 2 nitrogen and oxygen atoms in total. The van der Waals surface area contributed by atoms with Gasteiger partial charge in [0.1, 0.15) is 4.99 Å². The number of hydrogen-bond acceptors (Lipinski definition) is 2. The van der Waals surface area contributed by atoms with Crippen LogP contribution in [0.15, 0.2) is 28.9 Å². The highest BCUT2D eigenvalue weighted by atomic mass is 32.1. The van der Waals surface area contributed by atoms with Gasteiger partial charge in [-0.1, -0.05) is 37.4 Å². The fourth-order valence-corrected chi connectivity index (χ4v) is 1.60. The summed E-state index contributed by atoms with van der Waals surface area (Å²) in [4.78, 5) is 4.99. The van der Waals surface area contributed by atoms with Crippen LogP contribution >= 0.6 is 12.2 Å². The number of aliphatic imine (C=N–C) groups is 1. The third-order valence-electron chi connectivity index (χ3n) is 2.17. The van der Waals surface area contributed by atoms with Crippen LogP contribution in [-0.2, 0) is 0 Å². The van der Waals surface area contributed by atoms with E-state index in [4.69, 9.17) is 12.2 Å². The Morgan fingerprint density at radius 3 is 3.07 bits per heavy atom. The van der Waals surface area contributed by atoms with Crippen molar-refractivity contribution in [2.24, 2.45) is 10.9 Å². The summed E-state index contributed by atoms with van der Waals surface area (Å²) in [5.74, 6) is 0.494. The molecule has 1 N–H and O–H groups in total. The number of nitrogens with one attached hydrogen (secondary N) is 1. The van der Waals surface area contributed by atoms with Gasteiger partial charge >= 0.3 is 0 Å². The fraction of sp³-hybridized carbons (Fsp3) is 0.500. The molecule has 1 rings (SSSR count). The number of allylic oxidation sites excluding steroid dienone is 3. The van der Waals surface area contributed by atoms with Crippen molar-refractivity contribution in [3.05, 3.63) is 23.9 Å². The zero-order chi connectivity index (χ0) is 11.1. The maximum atomic E-state index is 5.13. The average Bonchev–Trinajstić information content (AvgIpc) is 2.15. The number of hydrogen-bond donors (Lipinski definition) is 1. The molecule has 1 unspecified atom stereocenters. The topological polar surface area (TPSA) is 24.4 Å². The van der Waals surface area contributed by atoms with Gasteiger partial charge in [-0.05, 0) is 25.7 Å². The molecule has 15 heavy (non-hydrogen) atoms. The largest absolute Gasteiger partial charge is 0.349 e. The molecule has 82 valence electrons. The van der Waals surface area contributed by atoms with Crippen molar-refractivity contribution in [2.45, 2.75) is 26.7 Å². The van der Waals surface area contributed by atoms with Gasteiger partial charge in [0, 0.05) is 12.2 Å². The summed E-state index contributed by atoms with van der Waals surface area (Å²) in [6.45, 7) is 5.00. The second kappa shape index (κ2) is 6.51. The fourth-order valence-electron chi connectivity index (χ4n) is 1.36. The van der Waals surface area contributed by atoms with Gasteiger partial charge in [-0.25, -0.2) is 0 Å². The van der Waals surface area contributed by atoms with E-state index in [9.17, 15) is 0 Å². The van der Waals surface area contributed by atoms with Crippen molar-refractivity contribution in [2.75, 3.05) is 6.54 Å². The summed E-state index contributed by atoms with van der Waals surface area (Å²) < 4.78 is 0. The van der Waals surface area contributed by atoms with Gasteiger partial charge in [-0.15, -0.1) is 0 Å². The molecule has 0 fully saturated rings. The van der Waals surface area contributed by atoms with Crippen LogP contribution in [0.25, 0.3) is 0 Å². The summed E-state index contributed by atoms with van der Waals surface area (Å²) in [7, 11) is 0. The van der Waals surface area contributed by atoms with Gasteiger partial charge in [0.15, 0.2) is 0 Å². The minimum Gasteiger partial charge on any atom is -0.349 e. The molecule has 0 aromatic carbocycles. The first-order valence-corrected chi connectivity index (χ1v) is 5.73. The van der Waals surface area contributed by atoms with Crippen LogP contribution in [0.2, 0.25) is 0 Å². The Bertz CT molecular complexity index is 303. The van der Waals surface area contributed by atoms with Crippen molar-refractivity contribution in [1.29, 1.82) is 0 Å². The zero-order valence-electron chi connectivity index (χ0n) is 9.36. The number of thiocarbonyl (C=S) groups is 1. The smallest absolute Gasteiger partial charge is 0.121 e. The molecule has 0 saturated carbocycles. The summed E-state index contributed by atoms with van der Waals surface area (Å²) in [6, 6.07) is 0. The first-order chi connectivity index (χ1) is 7.18. The molecule has 1 aliphatic heterocycles. The molecular formula is C12H18N2S. The third-order valence-corrected chi connectivity index (χ3v) is 2.38. The van der Waals surface area contributed by atoms with Crippen molar-refractivity contribution in [3.8, 4) is 0 Å². The predicted octanol–water partition coefficient (Wildman–Crippen LogP) is 2.86. The molecule has 0 radical (unpaired) electrons. The average molecular weight is 222 g/mol. The van der Waals surface area contributed by atoms with Gasteiger partial charge < -0.3 is 5.32 Å². The number of rotatable bonds is 0. The number of nitrogens with zero attached hydrogens (tertiary/aromatic N) is 1. The summed E-state index contributed by atoms with van der Waals surface area (Å²) in [5, 5.41) is 3.13. The highest BCUT2D eigenvalue weighted by molar-refractivity contribution is 7.81. The molecule has 1 aliphatic rings. The Morgan fingerprint density at radius 2 is 2.27 bits per heavy atom. The van der Waals surface area contributed by atoms with E-state index in [-0.39, 0.29) is 0 Å². The molecule has 1 heterocycles. The molecule has 3 heteroatoms. The molecule has 0 aromatic rings. The molecular weight excluding hydrogens is 204 g/mol. The second-order valence-electron chi connectivity index (χ2n) is 3.85. The van der Waals surface area contributed by atoms with E-state index in [1.54, 1.807) is 6.21 Å². The van der Waals surface area contributed by atoms with Crippen LogP contribution in [0.3, 0.4) is 0 Å². The van der Waals surface area contributed by atoms with Gasteiger partial charge in [0.05, 0.1) is 6.21 Å². The van der Waals surface area contributed by atoms with Crippen molar-refractivity contribution >= 4 is 23.4 Å². The van der Waals surface area contributed by atoms with Crippen LogP contribution < -0.4 is 5.32 Å². The monoisotopic (exact) mass is 222 g/mol. The van der Waals surface area contributed by atoms with Crippen LogP contribution in [0.5, 0.6) is 0 Å². The highest BCUT2D eigenvalue weighted by Gasteiger charge is 1.97. The molecule has 1 atom stereocenters. The van der Waals surface area contributed by atoms with E-state index in [2.05, 4.69) is 35.5 Å². The summed E-state index contributed by atoms with van der Waals surface area (Å²) >= 11 is 5.13. The Hall–Kier alpha value is -0.960. The Balaban J connectivity index is 2.66. The van der Waals surface area contributed by atoms with E-state index < -0.39 is 0 Å².